The summed E-state index contributed by atoms with van der Waals surface area (Å²) in [6.07, 6.45) is 0. The normalized spacial score (nSPS) is 11.5. The predicted octanol–water partition coefficient (Wildman–Crippen LogP) is 11.0. The van der Waals surface area contributed by atoms with Crippen LogP contribution in [0, 0.1) is 0 Å². The third-order valence-electron chi connectivity index (χ3n) is 7.84. The van der Waals surface area contributed by atoms with Gasteiger partial charge >= 0.3 is 0 Å². The average molecular weight is 512 g/mol. The number of fused-ring (bicyclic) bond motifs is 5. The van der Waals surface area contributed by atoms with Crippen LogP contribution in [0.25, 0.3) is 54.6 Å². The van der Waals surface area contributed by atoms with Crippen molar-refractivity contribution in [2.75, 3.05) is 4.90 Å². The van der Waals surface area contributed by atoms with Gasteiger partial charge in [0.1, 0.15) is 5.58 Å². The minimum atomic E-state index is 0.882. The van der Waals surface area contributed by atoms with E-state index in [1.165, 1.54) is 32.7 Å². The highest BCUT2D eigenvalue weighted by molar-refractivity contribution is 6.11. The zero-order valence-electron chi connectivity index (χ0n) is 21.8. The van der Waals surface area contributed by atoms with E-state index in [1.807, 2.05) is 12.1 Å². The maximum Gasteiger partial charge on any atom is 0.159 e. The van der Waals surface area contributed by atoms with E-state index in [4.69, 9.17) is 4.42 Å². The van der Waals surface area contributed by atoms with Crippen molar-refractivity contribution in [2.24, 2.45) is 0 Å². The molecule has 0 saturated carbocycles. The lowest BCUT2D eigenvalue weighted by Gasteiger charge is -2.27. The van der Waals surface area contributed by atoms with Gasteiger partial charge in [0.05, 0.1) is 11.4 Å². The van der Waals surface area contributed by atoms with Crippen molar-refractivity contribution in [1.82, 2.24) is 0 Å². The Morgan fingerprint density at radius 3 is 1.90 bits per heavy atom. The lowest BCUT2D eigenvalue weighted by molar-refractivity contribution is 0.669. The monoisotopic (exact) mass is 511 g/mol. The summed E-state index contributed by atoms with van der Waals surface area (Å²) in [5.41, 5.74) is 7.38. The number of hydrogen-bond donors (Lipinski definition) is 0. The van der Waals surface area contributed by atoms with Gasteiger partial charge in [-0.2, -0.15) is 0 Å². The SMILES string of the molecule is c1cc(-c2cccc3ccccc23)cc(N(c2cccc3ccccc23)c2cccc3c2oc2ccccc23)c1. The Morgan fingerprint density at radius 1 is 0.425 bits per heavy atom. The summed E-state index contributed by atoms with van der Waals surface area (Å²) >= 11 is 0. The van der Waals surface area contributed by atoms with Crippen LogP contribution >= 0.6 is 0 Å². The van der Waals surface area contributed by atoms with Crippen LogP contribution in [0.3, 0.4) is 0 Å². The molecule has 0 aliphatic rings. The van der Waals surface area contributed by atoms with Gasteiger partial charge in [-0.15, -0.1) is 0 Å². The second kappa shape index (κ2) is 9.14. The Kier molecular flexibility index (Phi) is 5.17. The van der Waals surface area contributed by atoms with Gasteiger partial charge < -0.3 is 9.32 Å². The van der Waals surface area contributed by atoms with E-state index in [1.54, 1.807) is 0 Å². The third-order valence-corrected chi connectivity index (χ3v) is 7.84. The summed E-state index contributed by atoms with van der Waals surface area (Å²) < 4.78 is 6.55. The summed E-state index contributed by atoms with van der Waals surface area (Å²) in [5.74, 6) is 0. The second-order valence-corrected chi connectivity index (χ2v) is 10.2. The molecule has 8 rings (SSSR count). The lowest BCUT2D eigenvalue weighted by Crippen LogP contribution is -2.11. The maximum absolute atomic E-state index is 6.55. The summed E-state index contributed by atoms with van der Waals surface area (Å²) in [6, 6.07) is 53.8. The maximum atomic E-state index is 6.55. The molecule has 0 bridgehead atoms. The number of furan rings is 1. The number of hydrogen-bond acceptors (Lipinski definition) is 2. The van der Waals surface area contributed by atoms with Crippen LogP contribution in [0.1, 0.15) is 0 Å². The number of rotatable bonds is 4. The molecule has 0 unspecified atom stereocenters. The molecule has 0 atom stereocenters. The number of anilines is 3. The number of para-hydroxylation sites is 2. The second-order valence-electron chi connectivity index (χ2n) is 10.2. The van der Waals surface area contributed by atoms with Crippen molar-refractivity contribution >= 4 is 60.5 Å². The molecular formula is C38H25NO. The van der Waals surface area contributed by atoms with E-state index in [2.05, 4.69) is 144 Å². The highest BCUT2D eigenvalue weighted by atomic mass is 16.3. The van der Waals surface area contributed by atoms with E-state index in [0.717, 1.165) is 39.0 Å². The highest BCUT2D eigenvalue weighted by Crippen LogP contribution is 2.45. The number of benzene rings is 7. The summed E-state index contributed by atoms with van der Waals surface area (Å²) in [7, 11) is 0. The van der Waals surface area contributed by atoms with Crippen LogP contribution < -0.4 is 4.90 Å². The van der Waals surface area contributed by atoms with E-state index in [0.29, 0.717) is 0 Å². The van der Waals surface area contributed by atoms with E-state index in [-0.39, 0.29) is 0 Å². The van der Waals surface area contributed by atoms with Crippen molar-refractivity contribution < 1.29 is 4.42 Å². The van der Waals surface area contributed by atoms with Crippen molar-refractivity contribution in [3.05, 3.63) is 152 Å². The quantitative estimate of drug-likeness (QED) is 0.234. The summed E-state index contributed by atoms with van der Waals surface area (Å²) in [6.45, 7) is 0. The molecule has 7 aromatic carbocycles. The Labute approximate surface area is 232 Å². The largest absolute Gasteiger partial charge is 0.454 e. The minimum Gasteiger partial charge on any atom is -0.454 e. The fourth-order valence-corrected chi connectivity index (χ4v) is 6.01. The minimum absolute atomic E-state index is 0.882. The smallest absolute Gasteiger partial charge is 0.159 e. The molecule has 0 amide bonds. The van der Waals surface area contributed by atoms with Crippen LogP contribution in [0.2, 0.25) is 0 Å². The fourth-order valence-electron chi connectivity index (χ4n) is 6.01. The van der Waals surface area contributed by atoms with Gasteiger partial charge in [-0.25, -0.2) is 0 Å². The van der Waals surface area contributed by atoms with Gasteiger partial charge in [-0.3, -0.25) is 0 Å². The van der Waals surface area contributed by atoms with Gasteiger partial charge in [0.2, 0.25) is 0 Å². The van der Waals surface area contributed by atoms with E-state index < -0.39 is 0 Å². The molecule has 8 aromatic rings. The predicted molar refractivity (Wildman–Crippen MR) is 169 cm³/mol. The Bertz CT molecular complexity index is 2180. The third kappa shape index (κ3) is 3.58. The molecule has 0 radical (unpaired) electrons. The first kappa shape index (κ1) is 22.6. The standard InChI is InChI=1S/C38H25NO/c1-3-17-30-26(11-1)13-8-20-31(30)28-15-7-16-29(25-28)39(35-22-9-14-27-12-2-4-18-32(27)35)36-23-10-21-34-33-19-5-6-24-37(33)40-38(34)36/h1-25H. The Morgan fingerprint density at radius 2 is 1.02 bits per heavy atom. The highest BCUT2D eigenvalue weighted by Gasteiger charge is 2.21. The molecule has 2 heteroatoms. The first-order chi connectivity index (χ1) is 19.8. The Hall–Kier alpha value is -5.34. The molecule has 0 saturated heterocycles. The molecule has 0 N–H and O–H groups in total. The molecule has 40 heavy (non-hydrogen) atoms. The average Bonchev–Trinajstić information content (AvgIpc) is 3.41. The molecule has 0 aliphatic carbocycles. The molecule has 0 spiro atoms. The van der Waals surface area contributed by atoms with Crippen molar-refractivity contribution in [1.29, 1.82) is 0 Å². The van der Waals surface area contributed by atoms with Crippen molar-refractivity contribution in [3.8, 4) is 11.1 Å². The summed E-state index contributed by atoms with van der Waals surface area (Å²) in [5, 5.41) is 7.12. The van der Waals surface area contributed by atoms with Crippen LogP contribution in [-0.2, 0) is 0 Å². The van der Waals surface area contributed by atoms with E-state index >= 15 is 0 Å². The van der Waals surface area contributed by atoms with Crippen molar-refractivity contribution in [2.45, 2.75) is 0 Å². The van der Waals surface area contributed by atoms with Crippen molar-refractivity contribution in [3.63, 3.8) is 0 Å². The van der Waals surface area contributed by atoms with Crippen LogP contribution in [0.5, 0.6) is 0 Å². The molecule has 1 aromatic heterocycles. The summed E-state index contributed by atoms with van der Waals surface area (Å²) in [4.78, 5) is 2.35. The zero-order chi connectivity index (χ0) is 26.5. The van der Waals surface area contributed by atoms with Gasteiger partial charge in [-0.05, 0) is 57.6 Å². The number of nitrogens with zero attached hydrogens (tertiary/aromatic N) is 1. The molecule has 188 valence electrons. The van der Waals surface area contributed by atoms with Crippen LogP contribution in [-0.4, -0.2) is 0 Å². The molecular weight excluding hydrogens is 486 g/mol. The fraction of sp³-hybridized carbons (Fsp3) is 0. The molecule has 0 fully saturated rings. The van der Waals surface area contributed by atoms with Crippen LogP contribution in [0.4, 0.5) is 17.1 Å². The first-order valence-corrected chi connectivity index (χ1v) is 13.6. The Balaban J connectivity index is 1.42. The van der Waals surface area contributed by atoms with Crippen LogP contribution in [0.15, 0.2) is 156 Å². The molecule has 1 heterocycles. The zero-order valence-corrected chi connectivity index (χ0v) is 21.8. The molecule has 0 aliphatic heterocycles. The topological polar surface area (TPSA) is 16.4 Å². The van der Waals surface area contributed by atoms with Gasteiger partial charge in [-0.1, -0.05) is 121 Å². The van der Waals surface area contributed by atoms with Gasteiger partial charge in [0, 0.05) is 21.8 Å². The first-order valence-electron chi connectivity index (χ1n) is 13.6. The van der Waals surface area contributed by atoms with Gasteiger partial charge in [0.15, 0.2) is 5.58 Å². The van der Waals surface area contributed by atoms with Gasteiger partial charge in [0.25, 0.3) is 0 Å². The molecule has 2 nitrogen and oxygen atoms in total. The lowest BCUT2D eigenvalue weighted by atomic mass is 9.97. The van der Waals surface area contributed by atoms with E-state index in [9.17, 15) is 0 Å².